The maximum absolute atomic E-state index is 13.8. The van der Waals surface area contributed by atoms with E-state index in [4.69, 9.17) is 0 Å². The van der Waals surface area contributed by atoms with Gasteiger partial charge in [-0.15, -0.1) is 0 Å². The van der Waals surface area contributed by atoms with E-state index in [1.807, 2.05) is 0 Å². The van der Waals surface area contributed by atoms with Crippen LogP contribution in [0.1, 0.15) is 30.9 Å². The SMILES string of the molecule is Oc1c([C@H](CC2CC2)N2CCNCC2)cc(Br)c(F)c1F. The van der Waals surface area contributed by atoms with Gasteiger partial charge in [-0.05, 0) is 34.3 Å². The summed E-state index contributed by atoms with van der Waals surface area (Å²) in [4.78, 5) is 2.26. The van der Waals surface area contributed by atoms with E-state index in [1.165, 1.54) is 18.9 Å². The zero-order valence-electron chi connectivity index (χ0n) is 11.7. The highest BCUT2D eigenvalue weighted by atomic mass is 79.9. The molecule has 2 N–H and O–H groups in total. The number of rotatable bonds is 4. The van der Waals surface area contributed by atoms with E-state index in [2.05, 4.69) is 26.1 Å². The van der Waals surface area contributed by atoms with E-state index in [9.17, 15) is 13.9 Å². The van der Waals surface area contributed by atoms with Crippen molar-refractivity contribution in [2.75, 3.05) is 26.2 Å². The number of hydrogen-bond acceptors (Lipinski definition) is 3. The largest absolute Gasteiger partial charge is 0.505 e. The Kier molecular flexibility index (Phi) is 4.47. The van der Waals surface area contributed by atoms with Crippen molar-refractivity contribution in [3.05, 3.63) is 27.7 Å². The van der Waals surface area contributed by atoms with Gasteiger partial charge in [0.05, 0.1) is 4.47 Å². The van der Waals surface area contributed by atoms with E-state index in [0.717, 1.165) is 32.6 Å². The second-order valence-electron chi connectivity index (χ2n) is 5.91. The van der Waals surface area contributed by atoms with Gasteiger partial charge in [-0.1, -0.05) is 12.8 Å². The van der Waals surface area contributed by atoms with Gasteiger partial charge in [0.1, 0.15) is 0 Å². The Hall–Kier alpha value is -0.720. The van der Waals surface area contributed by atoms with Gasteiger partial charge in [-0.2, -0.15) is 4.39 Å². The van der Waals surface area contributed by atoms with Gasteiger partial charge in [0, 0.05) is 37.8 Å². The Morgan fingerprint density at radius 1 is 1.29 bits per heavy atom. The van der Waals surface area contributed by atoms with Gasteiger partial charge in [0.15, 0.2) is 11.6 Å². The normalized spacial score (nSPS) is 21.5. The molecule has 0 bridgehead atoms. The van der Waals surface area contributed by atoms with Crippen LogP contribution in [-0.2, 0) is 0 Å². The van der Waals surface area contributed by atoms with Crippen molar-refractivity contribution >= 4 is 15.9 Å². The van der Waals surface area contributed by atoms with E-state index < -0.39 is 17.4 Å². The lowest BCUT2D eigenvalue weighted by atomic mass is 9.97. The Balaban J connectivity index is 1.94. The van der Waals surface area contributed by atoms with Crippen LogP contribution < -0.4 is 5.32 Å². The van der Waals surface area contributed by atoms with Crippen LogP contribution in [0.4, 0.5) is 8.78 Å². The predicted molar refractivity (Wildman–Crippen MR) is 80.2 cm³/mol. The summed E-state index contributed by atoms with van der Waals surface area (Å²) >= 11 is 3.05. The lowest BCUT2D eigenvalue weighted by Gasteiger charge is -2.35. The molecule has 1 heterocycles. The molecule has 2 fully saturated rings. The lowest BCUT2D eigenvalue weighted by molar-refractivity contribution is 0.157. The van der Waals surface area contributed by atoms with Crippen molar-refractivity contribution in [3.8, 4) is 5.75 Å². The number of phenolic OH excluding ortho intramolecular Hbond substituents is 1. The molecule has 1 aliphatic heterocycles. The van der Waals surface area contributed by atoms with Gasteiger partial charge in [-0.25, -0.2) is 4.39 Å². The number of aromatic hydroxyl groups is 1. The maximum atomic E-state index is 13.8. The van der Waals surface area contributed by atoms with Crippen LogP contribution in [0.3, 0.4) is 0 Å². The summed E-state index contributed by atoms with van der Waals surface area (Å²) in [5.74, 6) is -2.09. The molecule has 0 radical (unpaired) electrons. The molecule has 0 aromatic heterocycles. The second kappa shape index (κ2) is 6.18. The molecule has 0 spiro atoms. The van der Waals surface area contributed by atoms with Gasteiger partial charge in [0.2, 0.25) is 5.82 Å². The van der Waals surface area contributed by atoms with Crippen LogP contribution in [0.5, 0.6) is 5.75 Å². The molecule has 1 saturated carbocycles. The summed E-state index contributed by atoms with van der Waals surface area (Å²) in [7, 11) is 0. The standard InChI is InChI=1S/C15H19BrF2N2O/c16-11-8-10(15(21)14(18)13(11)17)12(7-9-1-2-9)20-5-3-19-4-6-20/h8-9,12,19,21H,1-7H2/t12-/m0/s1. The van der Waals surface area contributed by atoms with E-state index in [1.54, 1.807) is 0 Å². The highest BCUT2D eigenvalue weighted by Gasteiger charge is 2.33. The fourth-order valence-corrected chi connectivity index (χ4v) is 3.41. The Morgan fingerprint density at radius 2 is 1.95 bits per heavy atom. The molecule has 2 aliphatic rings. The Morgan fingerprint density at radius 3 is 2.57 bits per heavy atom. The fourth-order valence-electron chi connectivity index (χ4n) is 2.99. The first kappa shape index (κ1) is 15.2. The highest BCUT2D eigenvalue weighted by Crippen LogP contribution is 2.44. The number of benzene rings is 1. The molecule has 3 nitrogen and oxygen atoms in total. The molecule has 6 heteroatoms. The van der Waals surface area contributed by atoms with Crippen molar-refractivity contribution in [2.45, 2.75) is 25.3 Å². The summed E-state index contributed by atoms with van der Waals surface area (Å²) in [6.45, 7) is 3.47. The summed E-state index contributed by atoms with van der Waals surface area (Å²) in [6.07, 6.45) is 3.27. The minimum absolute atomic E-state index is 0.0500. The molecule has 1 saturated heterocycles. The van der Waals surface area contributed by atoms with Crippen molar-refractivity contribution in [1.29, 1.82) is 0 Å². The predicted octanol–water partition coefficient (Wildman–Crippen LogP) is 3.18. The Bertz CT molecular complexity index is 531. The molecular weight excluding hydrogens is 342 g/mol. The first-order valence-electron chi connectivity index (χ1n) is 7.39. The third-order valence-corrected chi connectivity index (χ3v) is 4.95. The van der Waals surface area contributed by atoms with E-state index >= 15 is 0 Å². The fraction of sp³-hybridized carbons (Fsp3) is 0.600. The topological polar surface area (TPSA) is 35.5 Å². The summed E-state index contributed by atoms with van der Waals surface area (Å²) in [6, 6.07) is 1.48. The molecule has 1 aliphatic carbocycles. The first-order valence-corrected chi connectivity index (χ1v) is 8.18. The molecule has 1 atom stereocenters. The molecule has 3 rings (SSSR count). The summed E-state index contributed by atoms with van der Waals surface area (Å²) in [5.41, 5.74) is 0.495. The first-order chi connectivity index (χ1) is 10.1. The average molecular weight is 361 g/mol. The van der Waals surface area contributed by atoms with Crippen molar-refractivity contribution < 1.29 is 13.9 Å². The molecular formula is C15H19BrF2N2O. The molecule has 0 amide bonds. The second-order valence-corrected chi connectivity index (χ2v) is 6.76. The minimum Gasteiger partial charge on any atom is -0.505 e. The van der Waals surface area contributed by atoms with Crippen molar-refractivity contribution in [3.63, 3.8) is 0 Å². The zero-order valence-corrected chi connectivity index (χ0v) is 13.3. The molecule has 116 valence electrons. The third-order valence-electron chi connectivity index (χ3n) is 4.37. The van der Waals surface area contributed by atoms with E-state index in [0.29, 0.717) is 11.5 Å². The highest BCUT2D eigenvalue weighted by molar-refractivity contribution is 9.10. The Labute approximate surface area is 131 Å². The average Bonchev–Trinajstić information content (AvgIpc) is 3.32. The lowest BCUT2D eigenvalue weighted by Crippen LogP contribution is -2.45. The zero-order chi connectivity index (χ0) is 15.0. The van der Waals surface area contributed by atoms with Gasteiger partial charge < -0.3 is 10.4 Å². The van der Waals surface area contributed by atoms with Crippen LogP contribution in [-0.4, -0.2) is 36.2 Å². The molecule has 0 unspecified atom stereocenters. The number of piperazine rings is 1. The summed E-state index contributed by atoms with van der Waals surface area (Å²) in [5, 5.41) is 13.3. The summed E-state index contributed by atoms with van der Waals surface area (Å²) < 4.78 is 27.5. The van der Waals surface area contributed by atoms with Crippen LogP contribution in [0, 0.1) is 17.6 Å². The minimum atomic E-state index is -1.16. The third kappa shape index (κ3) is 3.22. The number of nitrogens with one attached hydrogen (secondary N) is 1. The number of hydrogen-bond donors (Lipinski definition) is 2. The maximum Gasteiger partial charge on any atom is 0.201 e. The van der Waals surface area contributed by atoms with Gasteiger partial charge >= 0.3 is 0 Å². The smallest absolute Gasteiger partial charge is 0.201 e. The van der Waals surface area contributed by atoms with Crippen LogP contribution >= 0.6 is 15.9 Å². The van der Waals surface area contributed by atoms with Crippen LogP contribution in [0.2, 0.25) is 0 Å². The number of halogens is 3. The van der Waals surface area contributed by atoms with Crippen molar-refractivity contribution in [2.24, 2.45) is 5.92 Å². The van der Waals surface area contributed by atoms with Crippen LogP contribution in [0.25, 0.3) is 0 Å². The number of phenols is 1. The number of nitrogens with zero attached hydrogens (tertiary/aromatic N) is 1. The molecule has 1 aromatic carbocycles. The van der Waals surface area contributed by atoms with Gasteiger partial charge in [0.25, 0.3) is 0 Å². The molecule has 1 aromatic rings. The quantitative estimate of drug-likeness (QED) is 0.809. The van der Waals surface area contributed by atoms with E-state index in [-0.39, 0.29) is 10.5 Å². The monoisotopic (exact) mass is 360 g/mol. The molecule has 21 heavy (non-hydrogen) atoms. The van der Waals surface area contributed by atoms with Crippen molar-refractivity contribution in [1.82, 2.24) is 10.2 Å². The van der Waals surface area contributed by atoms with Gasteiger partial charge in [-0.3, -0.25) is 4.90 Å². The van der Waals surface area contributed by atoms with Crippen LogP contribution in [0.15, 0.2) is 10.5 Å².